The number of carbonyl (C=O) groups excluding carboxylic acids is 3. The summed E-state index contributed by atoms with van der Waals surface area (Å²) in [7, 11) is 0. The van der Waals surface area contributed by atoms with Crippen LogP contribution in [0.5, 0.6) is 0 Å². The van der Waals surface area contributed by atoms with Crippen molar-refractivity contribution in [1.29, 1.82) is 0 Å². The normalized spacial score (nSPS) is 12.5. The highest BCUT2D eigenvalue weighted by atomic mass is 16.6. The number of allylic oxidation sites excluding steroid dienone is 10. The van der Waals surface area contributed by atoms with Gasteiger partial charge in [0.1, 0.15) is 13.2 Å². The number of ether oxygens (including phenoxy) is 3. The molecule has 0 heterocycles. The molecule has 6 nitrogen and oxygen atoms in total. The maximum Gasteiger partial charge on any atom is 0.306 e. The van der Waals surface area contributed by atoms with E-state index in [0.717, 1.165) is 89.9 Å². The van der Waals surface area contributed by atoms with Gasteiger partial charge in [0.25, 0.3) is 0 Å². The summed E-state index contributed by atoms with van der Waals surface area (Å²) < 4.78 is 16.7. The first-order valence-corrected chi connectivity index (χ1v) is 27.3. The van der Waals surface area contributed by atoms with E-state index in [1.165, 1.54) is 141 Å². The van der Waals surface area contributed by atoms with Gasteiger partial charge in [0.2, 0.25) is 0 Å². The molecule has 0 radical (unpaired) electrons. The van der Waals surface area contributed by atoms with E-state index in [1.807, 2.05) is 0 Å². The Morgan fingerprint density at radius 1 is 0.328 bits per heavy atom. The Bertz CT molecular complexity index is 1170. The van der Waals surface area contributed by atoms with Crippen molar-refractivity contribution < 1.29 is 28.6 Å². The van der Waals surface area contributed by atoms with E-state index in [4.69, 9.17) is 14.2 Å². The molecule has 1 unspecified atom stereocenters. The fraction of sp³-hybridized carbons (Fsp3) is 0.776. The van der Waals surface area contributed by atoms with Gasteiger partial charge in [0.05, 0.1) is 0 Å². The number of rotatable bonds is 49. The Morgan fingerprint density at radius 3 is 0.953 bits per heavy atom. The molecule has 0 fully saturated rings. The van der Waals surface area contributed by atoms with E-state index >= 15 is 0 Å². The number of carbonyl (C=O) groups is 3. The topological polar surface area (TPSA) is 78.9 Å². The zero-order chi connectivity index (χ0) is 46.5. The van der Waals surface area contributed by atoms with Crippen LogP contribution >= 0.6 is 0 Å². The summed E-state index contributed by atoms with van der Waals surface area (Å²) in [4.78, 5) is 37.6. The van der Waals surface area contributed by atoms with E-state index in [1.54, 1.807) is 0 Å². The second-order valence-corrected chi connectivity index (χ2v) is 18.1. The molecule has 0 spiro atoms. The van der Waals surface area contributed by atoms with Crippen molar-refractivity contribution in [1.82, 2.24) is 0 Å². The predicted molar refractivity (Wildman–Crippen MR) is 275 cm³/mol. The van der Waals surface area contributed by atoms with Crippen LogP contribution in [0.2, 0.25) is 0 Å². The van der Waals surface area contributed by atoms with Crippen LogP contribution in [-0.4, -0.2) is 37.2 Å². The van der Waals surface area contributed by atoms with E-state index < -0.39 is 6.10 Å². The van der Waals surface area contributed by atoms with Crippen LogP contribution in [0.3, 0.4) is 0 Å². The van der Waals surface area contributed by atoms with Crippen molar-refractivity contribution in [3.05, 3.63) is 60.8 Å². The standard InChI is InChI=1S/C58H102O6/c1-4-7-10-13-16-18-19-20-21-22-23-24-25-26-27-28-29-30-31-32-33-34-35-36-37-38-39-40-43-45-48-51-57(60)63-54-55(53-62-56(59)50-47-44-41-15-12-9-6-3)64-58(61)52-49-46-42-17-14-11-8-5-2/h7,10,16,18,20-21,23-24,26-27,55H,4-6,8-9,11-15,17,19,22,25,28-54H2,1-3H3/b10-7-,18-16-,21-20-,24-23-,27-26-. The largest absolute Gasteiger partial charge is 0.462 e. The third-order valence-electron chi connectivity index (χ3n) is 11.8. The Morgan fingerprint density at radius 2 is 0.609 bits per heavy atom. The SMILES string of the molecule is CC/C=C\C/C=C\C/C=C\C/C=C\C/C=C\CCCCCCCCCCCCCCCCCC(=O)OCC(COC(=O)CCCCCCCCC)OC(=O)CCCCCCCCCC. The molecule has 0 saturated heterocycles. The smallest absolute Gasteiger partial charge is 0.306 e. The Hall–Kier alpha value is -2.89. The van der Waals surface area contributed by atoms with Crippen LogP contribution in [0.25, 0.3) is 0 Å². The molecule has 370 valence electrons. The average molecular weight is 895 g/mol. The highest BCUT2D eigenvalue weighted by Crippen LogP contribution is 2.16. The first-order valence-electron chi connectivity index (χ1n) is 27.3. The second kappa shape index (κ2) is 52.7. The number of unbranched alkanes of at least 4 members (excludes halogenated alkanes) is 28. The Labute approximate surface area is 396 Å². The van der Waals surface area contributed by atoms with Gasteiger partial charge in [-0.2, -0.15) is 0 Å². The molecular formula is C58H102O6. The van der Waals surface area contributed by atoms with Gasteiger partial charge >= 0.3 is 17.9 Å². The van der Waals surface area contributed by atoms with Gasteiger partial charge in [-0.3, -0.25) is 14.4 Å². The minimum Gasteiger partial charge on any atom is -0.462 e. The lowest BCUT2D eigenvalue weighted by molar-refractivity contribution is -0.167. The van der Waals surface area contributed by atoms with Crippen molar-refractivity contribution in [3.63, 3.8) is 0 Å². The maximum absolute atomic E-state index is 12.6. The van der Waals surface area contributed by atoms with Gasteiger partial charge < -0.3 is 14.2 Å². The van der Waals surface area contributed by atoms with Crippen LogP contribution in [0, 0.1) is 0 Å². The predicted octanol–water partition coefficient (Wildman–Crippen LogP) is 18.0. The van der Waals surface area contributed by atoms with Crippen LogP contribution in [0.15, 0.2) is 60.8 Å². The molecule has 0 aromatic rings. The summed E-state index contributed by atoms with van der Waals surface area (Å²) in [6.45, 7) is 6.46. The molecular weight excluding hydrogens is 793 g/mol. The third kappa shape index (κ3) is 50.1. The van der Waals surface area contributed by atoms with Gasteiger partial charge in [0.15, 0.2) is 6.10 Å². The molecule has 0 amide bonds. The van der Waals surface area contributed by atoms with E-state index in [-0.39, 0.29) is 31.1 Å². The molecule has 0 N–H and O–H groups in total. The molecule has 0 aliphatic carbocycles. The summed E-state index contributed by atoms with van der Waals surface area (Å²) in [6.07, 6.45) is 65.5. The van der Waals surface area contributed by atoms with Crippen molar-refractivity contribution in [2.45, 2.75) is 277 Å². The average Bonchev–Trinajstić information content (AvgIpc) is 3.29. The number of hydrogen-bond donors (Lipinski definition) is 0. The molecule has 0 rings (SSSR count). The molecule has 0 bridgehead atoms. The van der Waals surface area contributed by atoms with Crippen LogP contribution < -0.4 is 0 Å². The Balaban J connectivity index is 3.93. The first-order chi connectivity index (χ1) is 31.5. The molecule has 1 atom stereocenters. The van der Waals surface area contributed by atoms with Crippen LogP contribution in [-0.2, 0) is 28.6 Å². The lowest BCUT2D eigenvalue weighted by atomic mass is 10.0. The van der Waals surface area contributed by atoms with E-state index in [0.29, 0.717) is 19.3 Å². The fourth-order valence-corrected chi connectivity index (χ4v) is 7.70. The first kappa shape index (κ1) is 61.1. The van der Waals surface area contributed by atoms with Crippen molar-refractivity contribution in [3.8, 4) is 0 Å². The lowest BCUT2D eigenvalue weighted by Gasteiger charge is -2.18. The highest BCUT2D eigenvalue weighted by Gasteiger charge is 2.19. The maximum atomic E-state index is 12.6. The summed E-state index contributed by atoms with van der Waals surface area (Å²) >= 11 is 0. The van der Waals surface area contributed by atoms with Gasteiger partial charge in [-0.15, -0.1) is 0 Å². The molecule has 64 heavy (non-hydrogen) atoms. The highest BCUT2D eigenvalue weighted by molar-refractivity contribution is 5.71. The molecule has 0 aliphatic heterocycles. The Kier molecular flexibility index (Phi) is 50.4. The molecule has 0 aromatic carbocycles. The number of hydrogen-bond acceptors (Lipinski definition) is 6. The minimum absolute atomic E-state index is 0.0702. The molecule has 0 saturated carbocycles. The third-order valence-corrected chi connectivity index (χ3v) is 11.8. The van der Waals surface area contributed by atoms with E-state index in [9.17, 15) is 14.4 Å². The van der Waals surface area contributed by atoms with Crippen LogP contribution in [0.4, 0.5) is 0 Å². The zero-order valence-corrected chi connectivity index (χ0v) is 42.3. The quantitative estimate of drug-likeness (QED) is 0.0262. The molecule has 0 aromatic heterocycles. The van der Waals surface area contributed by atoms with Crippen molar-refractivity contribution >= 4 is 17.9 Å². The fourth-order valence-electron chi connectivity index (χ4n) is 7.70. The van der Waals surface area contributed by atoms with Crippen LogP contribution in [0.1, 0.15) is 271 Å². The van der Waals surface area contributed by atoms with E-state index in [2.05, 4.69) is 81.5 Å². The van der Waals surface area contributed by atoms with Gasteiger partial charge in [-0.05, 0) is 64.2 Å². The lowest BCUT2D eigenvalue weighted by Crippen LogP contribution is -2.30. The second-order valence-electron chi connectivity index (χ2n) is 18.1. The van der Waals surface area contributed by atoms with Gasteiger partial charge in [-0.1, -0.05) is 248 Å². The number of esters is 3. The van der Waals surface area contributed by atoms with Crippen molar-refractivity contribution in [2.24, 2.45) is 0 Å². The summed E-state index contributed by atoms with van der Waals surface area (Å²) in [6, 6.07) is 0. The molecule has 0 aliphatic rings. The van der Waals surface area contributed by atoms with Gasteiger partial charge in [-0.25, -0.2) is 0 Å². The monoisotopic (exact) mass is 895 g/mol. The van der Waals surface area contributed by atoms with Gasteiger partial charge in [0, 0.05) is 19.3 Å². The minimum atomic E-state index is -0.764. The molecule has 6 heteroatoms. The summed E-state index contributed by atoms with van der Waals surface area (Å²) in [5.74, 6) is -0.875. The van der Waals surface area contributed by atoms with Crippen molar-refractivity contribution in [2.75, 3.05) is 13.2 Å². The summed E-state index contributed by atoms with van der Waals surface area (Å²) in [5, 5.41) is 0. The summed E-state index contributed by atoms with van der Waals surface area (Å²) in [5.41, 5.74) is 0. The zero-order valence-electron chi connectivity index (χ0n) is 42.3.